The molecule has 1 heterocycles. The lowest BCUT2D eigenvalue weighted by Gasteiger charge is -2.38. The van der Waals surface area contributed by atoms with Gasteiger partial charge in [-0.3, -0.25) is 4.90 Å². The van der Waals surface area contributed by atoms with Crippen LogP contribution in [0.15, 0.2) is 0 Å². The van der Waals surface area contributed by atoms with Crippen LogP contribution >= 0.6 is 11.8 Å². The lowest BCUT2D eigenvalue weighted by molar-refractivity contribution is 0.0243. The van der Waals surface area contributed by atoms with Crippen LogP contribution in [0, 0.1) is 11.3 Å². The Hall–Kier alpha value is -0.240. The largest absolute Gasteiger partial charge is 0.392 e. The van der Waals surface area contributed by atoms with Gasteiger partial charge in [0.1, 0.15) is 0 Å². The number of hydrogen-bond donors (Lipinski definition) is 1. The Bertz CT molecular complexity index is 242. The van der Waals surface area contributed by atoms with Gasteiger partial charge >= 0.3 is 0 Å². The summed E-state index contributed by atoms with van der Waals surface area (Å²) >= 11 is 1.71. The van der Waals surface area contributed by atoms with Gasteiger partial charge in [-0.25, -0.2) is 0 Å². The van der Waals surface area contributed by atoms with Gasteiger partial charge in [0.2, 0.25) is 0 Å². The first-order valence-electron chi connectivity index (χ1n) is 6.66. The van der Waals surface area contributed by atoms with Gasteiger partial charge in [0, 0.05) is 6.04 Å². The van der Waals surface area contributed by atoms with Gasteiger partial charge in [0.25, 0.3) is 0 Å². The molecule has 2 unspecified atom stereocenters. The number of rotatable bonds is 7. The lowest BCUT2D eigenvalue weighted by Crippen LogP contribution is -2.47. The molecule has 0 amide bonds. The molecule has 3 nitrogen and oxygen atoms in total. The molecule has 0 radical (unpaired) electrons. The van der Waals surface area contributed by atoms with E-state index >= 15 is 0 Å². The standard InChI is InChI=1S/C13H24N2OS/c1-2-13(16)12-6-3-4-8-15(12)9-5-10-17-11-7-14/h12-13,16H,2-6,8-11H2,1H3. The third kappa shape index (κ3) is 5.29. The van der Waals surface area contributed by atoms with Crippen molar-refractivity contribution in [2.75, 3.05) is 24.6 Å². The van der Waals surface area contributed by atoms with E-state index in [1.807, 2.05) is 0 Å². The van der Waals surface area contributed by atoms with Crippen molar-refractivity contribution in [3.63, 3.8) is 0 Å². The maximum atomic E-state index is 10.0. The Balaban J connectivity index is 2.25. The van der Waals surface area contributed by atoms with Crippen LogP contribution in [-0.4, -0.2) is 46.7 Å². The van der Waals surface area contributed by atoms with Crippen LogP contribution in [0.25, 0.3) is 0 Å². The van der Waals surface area contributed by atoms with Crippen molar-refractivity contribution in [1.82, 2.24) is 4.90 Å². The number of aliphatic hydroxyl groups excluding tert-OH is 1. The van der Waals surface area contributed by atoms with E-state index < -0.39 is 0 Å². The van der Waals surface area contributed by atoms with Gasteiger partial charge in [-0.15, -0.1) is 11.8 Å². The predicted octanol–water partition coefficient (Wildman–Crippen LogP) is 2.26. The molecule has 0 aromatic rings. The third-order valence-corrected chi connectivity index (χ3v) is 4.34. The maximum absolute atomic E-state index is 10.0. The van der Waals surface area contributed by atoms with Crippen LogP contribution in [-0.2, 0) is 0 Å². The zero-order valence-corrected chi connectivity index (χ0v) is 11.6. The summed E-state index contributed by atoms with van der Waals surface area (Å²) in [6, 6.07) is 2.52. The maximum Gasteiger partial charge on any atom is 0.0808 e. The topological polar surface area (TPSA) is 47.3 Å². The molecule has 0 saturated carbocycles. The first-order chi connectivity index (χ1) is 8.29. The van der Waals surface area contributed by atoms with Crippen LogP contribution in [0.3, 0.4) is 0 Å². The number of thioether (sulfide) groups is 1. The second-order valence-corrected chi connectivity index (χ2v) is 5.74. The summed E-state index contributed by atoms with van der Waals surface area (Å²) in [4.78, 5) is 2.45. The number of hydrogen-bond acceptors (Lipinski definition) is 4. The Morgan fingerprint density at radius 3 is 3.06 bits per heavy atom. The molecule has 0 aromatic heterocycles. The normalized spacial score (nSPS) is 23.2. The van der Waals surface area contributed by atoms with Crippen molar-refractivity contribution in [1.29, 1.82) is 5.26 Å². The number of nitriles is 1. The van der Waals surface area contributed by atoms with E-state index in [1.54, 1.807) is 11.8 Å². The average molecular weight is 256 g/mol. The zero-order chi connectivity index (χ0) is 12.5. The highest BCUT2D eigenvalue weighted by molar-refractivity contribution is 7.99. The molecule has 17 heavy (non-hydrogen) atoms. The highest BCUT2D eigenvalue weighted by Gasteiger charge is 2.26. The highest BCUT2D eigenvalue weighted by Crippen LogP contribution is 2.21. The molecular weight excluding hydrogens is 232 g/mol. The monoisotopic (exact) mass is 256 g/mol. The van der Waals surface area contributed by atoms with Crippen LogP contribution < -0.4 is 0 Å². The Labute approximate surface area is 109 Å². The fourth-order valence-electron chi connectivity index (χ4n) is 2.49. The minimum absolute atomic E-state index is 0.165. The SMILES string of the molecule is CCC(O)C1CCCCN1CCCSCC#N. The molecule has 1 aliphatic heterocycles. The molecule has 1 fully saturated rings. The first kappa shape index (κ1) is 14.8. The van der Waals surface area contributed by atoms with Gasteiger partial charge in [-0.1, -0.05) is 13.3 Å². The van der Waals surface area contributed by atoms with Crippen molar-refractivity contribution in [3.8, 4) is 6.07 Å². The first-order valence-corrected chi connectivity index (χ1v) is 7.82. The smallest absolute Gasteiger partial charge is 0.0808 e. The van der Waals surface area contributed by atoms with E-state index in [9.17, 15) is 5.11 Å². The van der Waals surface area contributed by atoms with Gasteiger partial charge < -0.3 is 5.11 Å². The minimum Gasteiger partial charge on any atom is -0.392 e. The second kappa shape index (κ2) is 8.79. The fraction of sp³-hybridized carbons (Fsp3) is 0.923. The molecule has 0 bridgehead atoms. The Morgan fingerprint density at radius 2 is 2.35 bits per heavy atom. The van der Waals surface area contributed by atoms with Gasteiger partial charge in [0.15, 0.2) is 0 Å². The Morgan fingerprint density at radius 1 is 1.53 bits per heavy atom. The molecule has 1 N–H and O–H groups in total. The minimum atomic E-state index is -0.165. The van der Waals surface area contributed by atoms with Crippen molar-refractivity contribution in [2.24, 2.45) is 0 Å². The number of nitrogens with zero attached hydrogens (tertiary/aromatic N) is 2. The summed E-state index contributed by atoms with van der Waals surface area (Å²) in [5.74, 6) is 1.65. The quantitative estimate of drug-likeness (QED) is 0.710. The van der Waals surface area contributed by atoms with Crippen molar-refractivity contribution in [2.45, 2.75) is 51.2 Å². The van der Waals surface area contributed by atoms with Crippen LogP contribution in [0.5, 0.6) is 0 Å². The van der Waals surface area contributed by atoms with Gasteiger partial charge in [-0.2, -0.15) is 5.26 Å². The third-order valence-electron chi connectivity index (χ3n) is 3.43. The van der Waals surface area contributed by atoms with Crippen LogP contribution in [0.4, 0.5) is 0 Å². The summed E-state index contributed by atoms with van der Waals surface area (Å²) in [5.41, 5.74) is 0. The predicted molar refractivity (Wildman–Crippen MR) is 73.1 cm³/mol. The van der Waals surface area contributed by atoms with E-state index in [-0.39, 0.29) is 6.10 Å². The molecule has 1 saturated heterocycles. The van der Waals surface area contributed by atoms with Gasteiger partial charge in [0.05, 0.1) is 17.9 Å². The number of piperidine rings is 1. The van der Waals surface area contributed by atoms with Crippen molar-refractivity contribution in [3.05, 3.63) is 0 Å². The molecule has 0 spiro atoms. The summed E-state index contributed by atoms with van der Waals surface area (Å²) in [7, 11) is 0. The van der Waals surface area contributed by atoms with E-state index in [2.05, 4.69) is 17.9 Å². The fourth-order valence-corrected chi connectivity index (χ4v) is 3.06. The summed E-state index contributed by atoms with van der Waals surface area (Å²) < 4.78 is 0. The van der Waals surface area contributed by atoms with E-state index in [1.165, 1.54) is 12.8 Å². The summed E-state index contributed by atoms with van der Waals surface area (Å²) in [6.07, 6.45) is 5.46. The molecular formula is C13H24N2OS. The molecule has 0 aliphatic carbocycles. The second-order valence-electron chi connectivity index (χ2n) is 4.64. The lowest BCUT2D eigenvalue weighted by atomic mass is 9.96. The molecule has 98 valence electrons. The van der Waals surface area contributed by atoms with Crippen molar-refractivity contribution < 1.29 is 5.11 Å². The molecule has 2 atom stereocenters. The van der Waals surface area contributed by atoms with Gasteiger partial charge in [-0.05, 0) is 44.5 Å². The molecule has 4 heteroatoms. The van der Waals surface area contributed by atoms with Crippen molar-refractivity contribution >= 4 is 11.8 Å². The van der Waals surface area contributed by atoms with E-state index in [0.29, 0.717) is 11.8 Å². The number of aliphatic hydroxyl groups is 1. The molecule has 1 aliphatic rings. The average Bonchev–Trinajstić information content (AvgIpc) is 2.38. The van der Waals surface area contributed by atoms with E-state index in [4.69, 9.17) is 5.26 Å². The number of likely N-dealkylation sites (tertiary alicyclic amines) is 1. The Kier molecular flexibility index (Phi) is 7.67. The zero-order valence-electron chi connectivity index (χ0n) is 10.8. The van der Waals surface area contributed by atoms with E-state index in [0.717, 1.165) is 38.1 Å². The molecule has 0 aromatic carbocycles. The molecule has 1 rings (SSSR count). The van der Waals surface area contributed by atoms with Crippen LogP contribution in [0.2, 0.25) is 0 Å². The summed E-state index contributed by atoms with van der Waals surface area (Å²) in [6.45, 7) is 4.25. The summed E-state index contributed by atoms with van der Waals surface area (Å²) in [5, 5.41) is 18.5. The van der Waals surface area contributed by atoms with Crippen LogP contribution in [0.1, 0.15) is 39.0 Å². The highest BCUT2D eigenvalue weighted by atomic mass is 32.2.